The zero-order valence-corrected chi connectivity index (χ0v) is 11.0. The van der Waals surface area contributed by atoms with Gasteiger partial charge in [0.15, 0.2) is 5.79 Å². The number of aliphatic carboxylic acids is 1. The molecule has 5 heteroatoms. The minimum Gasteiger partial charge on any atom is -0.481 e. The van der Waals surface area contributed by atoms with Crippen molar-refractivity contribution in [2.24, 2.45) is 5.92 Å². The van der Waals surface area contributed by atoms with Gasteiger partial charge in [0.25, 0.3) is 0 Å². The minimum absolute atomic E-state index is 0.0670. The molecule has 0 aliphatic carbocycles. The van der Waals surface area contributed by atoms with Crippen LogP contribution in [0.15, 0.2) is 0 Å². The average Bonchev–Trinajstić information content (AvgIpc) is 2.69. The van der Waals surface area contributed by atoms with Gasteiger partial charge in [-0.05, 0) is 45.2 Å². The fourth-order valence-electron chi connectivity index (χ4n) is 2.85. The lowest BCUT2D eigenvalue weighted by Crippen LogP contribution is -2.37. The van der Waals surface area contributed by atoms with E-state index in [4.69, 9.17) is 14.6 Å². The van der Waals surface area contributed by atoms with Crippen molar-refractivity contribution in [3.05, 3.63) is 0 Å². The summed E-state index contributed by atoms with van der Waals surface area (Å²) in [6.45, 7) is 4.63. The average molecular weight is 257 g/mol. The Balaban J connectivity index is 1.76. The van der Waals surface area contributed by atoms with Crippen LogP contribution in [0, 0.1) is 5.92 Å². The molecule has 2 heterocycles. The quantitative estimate of drug-likeness (QED) is 0.778. The Bertz CT molecular complexity index is 291. The first-order chi connectivity index (χ1) is 8.57. The highest BCUT2D eigenvalue weighted by Crippen LogP contribution is 2.33. The van der Waals surface area contributed by atoms with Crippen molar-refractivity contribution in [1.82, 2.24) is 5.32 Å². The molecule has 2 aliphatic heterocycles. The zero-order valence-electron chi connectivity index (χ0n) is 11.0. The van der Waals surface area contributed by atoms with Crippen LogP contribution in [0.4, 0.5) is 0 Å². The maximum absolute atomic E-state index is 10.5. The van der Waals surface area contributed by atoms with Crippen molar-refractivity contribution in [3.63, 3.8) is 0 Å². The van der Waals surface area contributed by atoms with Gasteiger partial charge in [-0.2, -0.15) is 0 Å². The van der Waals surface area contributed by atoms with Gasteiger partial charge < -0.3 is 19.9 Å². The van der Waals surface area contributed by atoms with Crippen LogP contribution in [0.2, 0.25) is 0 Å². The number of piperidine rings is 1. The molecule has 2 fully saturated rings. The molecule has 3 atom stereocenters. The highest BCUT2D eigenvalue weighted by Gasteiger charge is 2.39. The number of carboxylic acids is 1. The molecule has 2 aliphatic rings. The highest BCUT2D eigenvalue weighted by atomic mass is 16.7. The van der Waals surface area contributed by atoms with E-state index < -0.39 is 11.8 Å². The predicted octanol–water partition coefficient (Wildman–Crippen LogP) is 1.37. The third kappa shape index (κ3) is 3.93. The molecule has 2 N–H and O–H groups in total. The Labute approximate surface area is 108 Å². The Morgan fingerprint density at radius 2 is 2.39 bits per heavy atom. The Morgan fingerprint density at radius 1 is 1.56 bits per heavy atom. The molecule has 0 spiro atoms. The third-order valence-corrected chi connectivity index (χ3v) is 3.73. The summed E-state index contributed by atoms with van der Waals surface area (Å²) in [6.07, 6.45) is 3.94. The molecule has 0 bridgehead atoms. The van der Waals surface area contributed by atoms with Crippen LogP contribution in [-0.4, -0.2) is 42.7 Å². The van der Waals surface area contributed by atoms with Crippen LogP contribution in [0.5, 0.6) is 0 Å². The second kappa shape index (κ2) is 5.99. The Morgan fingerprint density at radius 3 is 3.06 bits per heavy atom. The van der Waals surface area contributed by atoms with Crippen LogP contribution in [0.3, 0.4) is 0 Å². The summed E-state index contributed by atoms with van der Waals surface area (Å²) in [5.41, 5.74) is 0. The van der Waals surface area contributed by atoms with E-state index in [0.717, 1.165) is 19.5 Å². The molecule has 18 heavy (non-hydrogen) atoms. The van der Waals surface area contributed by atoms with Crippen molar-refractivity contribution in [2.45, 2.75) is 50.9 Å². The summed E-state index contributed by atoms with van der Waals surface area (Å²) in [6, 6.07) is 0. The maximum atomic E-state index is 10.5. The number of hydrogen-bond acceptors (Lipinski definition) is 4. The topological polar surface area (TPSA) is 67.8 Å². The van der Waals surface area contributed by atoms with Gasteiger partial charge in [0, 0.05) is 12.8 Å². The molecule has 0 radical (unpaired) electrons. The van der Waals surface area contributed by atoms with E-state index >= 15 is 0 Å². The summed E-state index contributed by atoms with van der Waals surface area (Å²) in [7, 11) is 0. The first kappa shape index (κ1) is 13.8. The van der Waals surface area contributed by atoms with E-state index in [1.807, 2.05) is 6.92 Å². The normalized spacial score (nSPS) is 36.7. The lowest BCUT2D eigenvalue weighted by molar-refractivity contribution is -0.168. The number of rotatable bonds is 5. The van der Waals surface area contributed by atoms with Gasteiger partial charge in [-0.3, -0.25) is 4.79 Å². The number of carboxylic acid groups (broad SMARTS) is 1. The largest absolute Gasteiger partial charge is 0.481 e. The van der Waals surface area contributed by atoms with Crippen molar-refractivity contribution in [3.8, 4) is 0 Å². The van der Waals surface area contributed by atoms with E-state index in [1.54, 1.807) is 0 Å². The van der Waals surface area contributed by atoms with Gasteiger partial charge in [-0.1, -0.05) is 0 Å². The summed E-state index contributed by atoms with van der Waals surface area (Å²) in [4.78, 5) is 10.5. The standard InChI is InChI=1S/C13H23NO4/c1-13(7-10-3-2-6-14-8-10)17-9-11(18-13)4-5-12(15)16/h10-11,14H,2-9H2,1H3,(H,15,16). The van der Waals surface area contributed by atoms with Crippen LogP contribution in [0.25, 0.3) is 0 Å². The molecule has 5 nitrogen and oxygen atoms in total. The number of ether oxygens (including phenoxy) is 2. The van der Waals surface area contributed by atoms with Gasteiger partial charge >= 0.3 is 5.97 Å². The van der Waals surface area contributed by atoms with Crippen LogP contribution < -0.4 is 5.32 Å². The molecule has 104 valence electrons. The highest BCUT2D eigenvalue weighted by molar-refractivity contribution is 5.66. The lowest BCUT2D eigenvalue weighted by atomic mass is 9.92. The first-order valence-corrected chi connectivity index (χ1v) is 6.82. The number of nitrogens with one attached hydrogen (secondary N) is 1. The molecule has 0 aromatic rings. The van der Waals surface area contributed by atoms with Crippen LogP contribution in [-0.2, 0) is 14.3 Å². The number of carbonyl (C=O) groups is 1. The SMILES string of the molecule is CC1(CC2CCCNC2)OCC(CCC(=O)O)O1. The predicted molar refractivity (Wildman–Crippen MR) is 66.3 cm³/mol. The lowest BCUT2D eigenvalue weighted by Gasteiger charge is -2.31. The van der Waals surface area contributed by atoms with Gasteiger partial charge in [-0.15, -0.1) is 0 Å². The molecule has 3 unspecified atom stereocenters. The third-order valence-electron chi connectivity index (χ3n) is 3.73. The Kier molecular flexibility index (Phi) is 4.59. The maximum Gasteiger partial charge on any atom is 0.303 e. The van der Waals surface area contributed by atoms with Gasteiger partial charge in [0.2, 0.25) is 0 Å². The summed E-state index contributed by atoms with van der Waals surface area (Å²) < 4.78 is 11.6. The summed E-state index contributed by atoms with van der Waals surface area (Å²) in [5.74, 6) is -0.696. The molecule has 2 rings (SSSR count). The molecular weight excluding hydrogens is 234 g/mol. The van der Waals surface area contributed by atoms with Crippen molar-refractivity contribution in [1.29, 1.82) is 0 Å². The van der Waals surface area contributed by atoms with Crippen LogP contribution in [0.1, 0.15) is 39.0 Å². The summed E-state index contributed by atoms with van der Waals surface area (Å²) >= 11 is 0. The second-order valence-electron chi connectivity index (χ2n) is 5.53. The molecule has 0 aromatic carbocycles. The van der Waals surface area contributed by atoms with Gasteiger partial charge in [0.1, 0.15) is 0 Å². The van der Waals surface area contributed by atoms with Gasteiger partial charge in [0.05, 0.1) is 12.7 Å². The van der Waals surface area contributed by atoms with E-state index in [0.29, 0.717) is 18.9 Å². The fraction of sp³-hybridized carbons (Fsp3) is 0.923. The van der Waals surface area contributed by atoms with Crippen LogP contribution >= 0.6 is 0 Å². The van der Waals surface area contributed by atoms with Crippen molar-refractivity contribution in [2.75, 3.05) is 19.7 Å². The van der Waals surface area contributed by atoms with E-state index in [1.165, 1.54) is 12.8 Å². The van der Waals surface area contributed by atoms with Gasteiger partial charge in [-0.25, -0.2) is 0 Å². The number of hydrogen-bond donors (Lipinski definition) is 2. The molecule has 2 saturated heterocycles. The zero-order chi connectivity index (χ0) is 13.0. The van der Waals surface area contributed by atoms with E-state index in [-0.39, 0.29) is 12.5 Å². The fourth-order valence-corrected chi connectivity index (χ4v) is 2.85. The summed E-state index contributed by atoms with van der Waals surface area (Å²) in [5, 5.41) is 12.0. The van der Waals surface area contributed by atoms with Crippen molar-refractivity contribution >= 4 is 5.97 Å². The van der Waals surface area contributed by atoms with E-state index in [9.17, 15) is 4.79 Å². The monoisotopic (exact) mass is 257 g/mol. The molecule has 0 aromatic heterocycles. The Hall–Kier alpha value is -0.650. The minimum atomic E-state index is -0.774. The first-order valence-electron chi connectivity index (χ1n) is 6.82. The van der Waals surface area contributed by atoms with E-state index in [2.05, 4.69) is 5.32 Å². The smallest absolute Gasteiger partial charge is 0.303 e. The molecule has 0 amide bonds. The van der Waals surface area contributed by atoms with Crippen molar-refractivity contribution < 1.29 is 19.4 Å². The molecule has 0 saturated carbocycles. The molecular formula is C13H23NO4. The second-order valence-corrected chi connectivity index (χ2v) is 5.53.